The summed E-state index contributed by atoms with van der Waals surface area (Å²) in [6, 6.07) is 0.473. The Labute approximate surface area is 120 Å². The van der Waals surface area contributed by atoms with E-state index in [9.17, 15) is 4.79 Å². The molecule has 0 spiro atoms. The van der Waals surface area contributed by atoms with E-state index in [4.69, 9.17) is 4.98 Å². The number of hydrogen-bond donors (Lipinski definition) is 2. The molecule has 110 valence electrons. The number of fused-ring (bicyclic) bond motifs is 1. The molecule has 1 aromatic heterocycles. The van der Waals surface area contributed by atoms with Crippen LogP contribution in [0.2, 0.25) is 0 Å². The van der Waals surface area contributed by atoms with Crippen LogP contribution in [0.1, 0.15) is 49.8 Å². The van der Waals surface area contributed by atoms with Crippen LogP contribution in [0.3, 0.4) is 0 Å². The molecule has 5 nitrogen and oxygen atoms in total. The van der Waals surface area contributed by atoms with E-state index >= 15 is 0 Å². The molecule has 0 unspecified atom stereocenters. The molecule has 0 bridgehead atoms. The molecule has 0 aromatic carbocycles. The largest absolute Gasteiger partial charge is 0.353 e. The summed E-state index contributed by atoms with van der Waals surface area (Å²) in [5, 5.41) is 6.42. The van der Waals surface area contributed by atoms with Gasteiger partial charge in [-0.1, -0.05) is 6.92 Å². The third-order valence-electron chi connectivity index (χ3n) is 4.11. The van der Waals surface area contributed by atoms with Crippen molar-refractivity contribution in [2.24, 2.45) is 0 Å². The summed E-state index contributed by atoms with van der Waals surface area (Å²) in [5.74, 6) is 1.38. The molecular weight excluding hydrogens is 252 g/mol. The van der Waals surface area contributed by atoms with E-state index in [1.807, 2.05) is 0 Å². The van der Waals surface area contributed by atoms with Gasteiger partial charge >= 0.3 is 0 Å². The molecule has 0 radical (unpaired) electrons. The molecule has 1 aromatic rings. The first kappa shape index (κ1) is 13.6. The number of hydrogen-bond acceptors (Lipinski definition) is 3. The monoisotopic (exact) mass is 276 g/mol. The molecule has 5 heteroatoms. The molecule has 2 N–H and O–H groups in total. The van der Waals surface area contributed by atoms with Gasteiger partial charge in [-0.25, -0.2) is 4.98 Å². The van der Waals surface area contributed by atoms with Gasteiger partial charge in [-0.15, -0.1) is 0 Å². The molecule has 1 aliphatic heterocycles. The molecule has 1 amide bonds. The lowest BCUT2D eigenvalue weighted by Gasteiger charge is -2.16. The molecule has 0 atom stereocenters. The fourth-order valence-electron chi connectivity index (χ4n) is 2.89. The average Bonchev–Trinajstić information content (AvgIpc) is 3.19. The lowest BCUT2D eigenvalue weighted by Crippen LogP contribution is -2.26. The molecule has 20 heavy (non-hydrogen) atoms. The normalized spacial score (nSPS) is 17.9. The van der Waals surface area contributed by atoms with Crippen LogP contribution >= 0.6 is 0 Å². The van der Waals surface area contributed by atoms with Gasteiger partial charge in [0, 0.05) is 50.6 Å². The van der Waals surface area contributed by atoms with Crippen molar-refractivity contribution in [3.8, 4) is 0 Å². The van der Waals surface area contributed by atoms with Gasteiger partial charge < -0.3 is 15.2 Å². The Morgan fingerprint density at radius 1 is 1.50 bits per heavy atom. The number of aryl methyl sites for hydroxylation is 1. The standard InChI is InChI=1S/C15H24N4O/c1-2-14-18-12-10-16-8-7-13(12)19(14)9-3-4-15(20)17-11-5-6-11/h11,16H,2-10H2,1H3,(H,17,20). The maximum Gasteiger partial charge on any atom is 0.220 e. The maximum absolute atomic E-state index is 11.7. The first-order valence-electron chi connectivity index (χ1n) is 7.85. The number of nitrogens with zero attached hydrogens (tertiary/aromatic N) is 2. The number of aromatic nitrogens is 2. The van der Waals surface area contributed by atoms with Gasteiger partial charge in [-0.05, 0) is 19.3 Å². The summed E-state index contributed by atoms with van der Waals surface area (Å²) in [7, 11) is 0. The second-order valence-electron chi connectivity index (χ2n) is 5.80. The first-order valence-corrected chi connectivity index (χ1v) is 7.85. The van der Waals surface area contributed by atoms with Crippen LogP contribution in [0, 0.1) is 0 Å². The Bertz CT molecular complexity index is 490. The van der Waals surface area contributed by atoms with Crippen LogP contribution in [0.4, 0.5) is 0 Å². The Balaban J connectivity index is 1.58. The Hall–Kier alpha value is -1.36. The van der Waals surface area contributed by atoms with E-state index in [1.165, 1.54) is 17.2 Å². The average molecular weight is 276 g/mol. The summed E-state index contributed by atoms with van der Waals surface area (Å²) in [5.41, 5.74) is 2.58. The van der Waals surface area contributed by atoms with Crippen molar-refractivity contribution < 1.29 is 4.79 Å². The fourth-order valence-corrected chi connectivity index (χ4v) is 2.89. The van der Waals surface area contributed by atoms with E-state index in [0.29, 0.717) is 12.5 Å². The van der Waals surface area contributed by atoms with Crippen molar-refractivity contribution >= 4 is 5.91 Å². The SMILES string of the molecule is CCc1nc2c(n1CCCC(=O)NC1CC1)CCNC2. The topological polar surface area (TPSA) is 59.0 Å². The van der Waals surface area contributed by atoms with Crippen LogP contribution < -0.4 is 10.6 Å². The van der Waals surface area contributed by atoms with Gasteiger partial charge in [-0.2, -0.15) is 0 Å². The van der Waals surface area contributed by atoms with Crippen LogP contribution in [0.5, 0.6) is 0 Å². The van der Waals surface area contributed by atoms with E-state index in [1.54, 1.807) is 0 Å². The lowest BCUT2D eigenvalue weighted by molar-refractivity contribution is -0.121. The third kappa shape index (κ3) is 3.03. The molecule has 2 heterocycles. The molecule has 1 aliphatic carbocycles. The van der Waals surface area contributed by atoms with Crippen LogP contribution in [-0.2, 0) is 30.7 Å². The van der Waals surface area contributed by atoms with Gasteiger partial charge in [0.05, 0.1) is 5.69 Å². The number of rotatable bonds is 6. The zero-order valence-corrected chi connectivity index (χ0v) is 12.2. The second kappa shape index (κ2) is 5.95. The second-order valence-corrected chi connectivity index (χ2v) is 5.80. The highest BCUT2D eigenvalue weighted by Crippen LogP contribution is 2.19. The number of carbonyl (C=O) groups excluding carboxylic acids is 1. The smallest absolute Gasteiger partial charge is 0.220 e. The zero-order chi connectivity index (χ0) is 13.9. The highest BCUT2D eigenvalue weighted by Gasteiger charge is 2.23. The number of imidazole rings is 1. The van der Waals surface area contributed by atoms with Gasteiger partial charge in [0.2, 0.25) is 5.91 Å². The number of amides is 1. The predicted molar refractivity (Wildman–Crippen MR) is 77.4 cm³/mol. The summed E-state index contributed by atoms with van der Waals surface area (Å²) in [6.07, 6.45) is 5.87. The Morgan fingerprint density at radius 2 is 2.35 bits per heavy atom. The van der Waals surface area contributed by atoms with Crippen LogP contribution in [0.25, 0.3) is 0 Å². The Morgan fingerprint density at radius 3 is 3.10 bits per heavy atom. The van der Waals surface area contributed by atoms with E-state index < -0.39 is 0 Å². The van der Waals surface area contributed by atoms with E-state index in [2.05, 4.69) is 22.1 Å². The first-order chi connectivity index (χ1) is 9.78. The Kier molecular flexibility index (Phi) is 4.05. The van der Waals surface area contributed by atoms with Crippen molar-refractivity contribution in [3.05, 3.63) is 17.2 Å². The molecule has 1 saturated carbocycles. The highest BCUT2D eigenvalue weighted by atomic mass is 16.1. The van der Waals surface area contributed by atoms with Gasteiger partial charge in [0.1, 0.15) is 5.82 Å². The van der Waals surface area contributed by atoms with Crippen LogP contribution in [0.15, 0.2) is 0 Å². The van der Waals surface area contributed by atoms with E-state index in [-0.39, 0.29) is 5.91 Å². The number of nitrogens with one attached hydrogen (secondary N) is 2. The van der Waals surface area contributed by atoms with Crippen molar-refractivity contribution in [1.29, 1.82) is 0 Å². The lowest BCUT2D eigenvalue weighted by atomic mass is 10.2. The summed E-state index contributed by atoms with van der Waals surface area (Å²) < 4.78 is 2.35. The van der Waals surface area contributed by atoms with Crippen LogP contribution in [-0.4, -0.2) is 28.0 Å². The zero-order valence-electron chi connectivity index (χ0n) is 12.2. The highest BCUT2D eigenvalue weighted by molar-refractivity contribution is 5.76. The van der Waals surface area contributed by atoms with Gasteiger partial charge in [0.25, 0.3) is 0 Å². The minimum Gasteiger partial charge on any atom is -0.353 e. The molecule has 2 aliphatic rings. The fraction of sp³-hybridized carbons (Fsp3) is 0.733. The molecule has 1 fully saturated rings. The minimum absolute atomic E-state index is 0.209. The van der Waals surface area contributed by atoms with Crippen molar-refractivity contribution in [1.82, 2.24) is 20.2 Å². The molecular formula is C15H24N4O. The third-order valence-corrected chi connectivity index (χ3v) is 4.11. The quantitative estimate of drug-likeness (QED) is 0.819. The van der Waals surface area contributed by atoms with Crippen molar-refractivity contribution in [3.63, 3.8) is 0 Å². The summed E-state index contributed by atoms with van der Waals surface area (Å²) in [6.45, 7) is 4.99. The number of carbonyl (C=O) groups is 1. The van der Waals surface area contributed by atoms with Gasteiger partial charge in [0.15, 0.2) is 0 Å². The van der Waals surface area contributed by atoms with Gasteiger partial charge in [-0.3, -0.25) is 4.79 Å². The summed E-state index contributed by atoms with van der Waals surface area (Å²) >= 11 is 0. The summed E-state index contributed by atoms with van der Waals surface area (Å²) in [4.78, 5) is 16.4. The minimum atomic E-state index is 0.209. The van der Waals surface area contributed by atoms with E-state index in [0.717, 1.165) is 51.7 Å². The van der Waals surface area contributed by atoms with Crippen molar-refractivity contribution in [2.75, 3.05) is 6.54 Å². The maximum atomic E-state index is 11.7. The van der Waals surface area contributed by atoms with Crippen molar-refractivity contribution in [2.45, 2.75) is 64.6 Å². The predicted octanol–water partition coefficient (Wildman–Crippen LogP) is 1.15. The molecule has 3 rings (SSSR count). The molecule has 0 saturated heterocycles.